The average Bonchev–Trinajstić information content (AvgIpc) is 2.69. The molecule has 0 bridgehead atoms. The first-order valence-corrected chi connectivity index (χ1v) is 10.8. The lowest BCUT2D eigenvalue weighted by Gasteiger charge is -2.17. The van der Waals surface area contributed by atoms with Crippen LogP contribution in [0.1, 0.15) is 82.1 Å². The first kappa shape index (κ1) is 24.6. The van der Waals surface area contributed by atoms with Crippen LogP contribution >= 0.6 is 0 Å². The van der Waals surface area contributed by atoms with Crippen molar-refractivity contribution in [2.75, 3.05) is 19.8 Å². The molecule has 1 rings (SSSR count). The molecule has 0 saturated carbocycles. The summed E-state index contributed by atoms with van der Waals surface area (Å²) in [6, 6.07) is 5.77. The van der Waals surface area contributed by atoms with Crippen molar-refractivity contribution in [3.63, 3.8) is 0 Å². The molecule has 2 N–H and O–H groups in total. The Labute approximate surface area is 170 Å². The van der Waals surface area contributed by atoms with Crippen molar-refractivity contribution in [1.29, 1.82) is 0 Å². The first-order valence-electron chi connectivity index (χ1n) is 10.8. The number of benzene rings is 1. The fraction of sp³-hybridized carbons (Fsp3) is 0.696. The Morgan fingerprint density at radius 1 is 1.14 bits per heavy atom. The number of carbonyl (C=O) groups is 1. The van der Waals surface area contributed by atoms with E-state index in [9.17, 15) is 9.90 Å². The largest absolute Gasteiger partial charge is 0.490 e. The van der Waals surface area contributed by atoms with E-state index >= 15 is 0 Å². The van der Waals surface area contributed by atoms with Crippen molar-refractivity contribution in [3.05, 3.63) is 29.3 Å². The zero-order chi connectivity index (χ0) is 20.8. The Bertz CT molecular complexity index is 560. The molecule has 0 aliphatic heterocycles. The molecule has 0 aromatic heterocycles. The zero-order valence-electron chi connectivity index (χ0n) is 18.1. The van der Waals surface area contributed by atoms with Crippen LogP contribution in [0.5, 0.6) is 5.75 Å². The molecule has 5 nitrogen and oxygen atoms in total. The number of aliphatic hydroxyl groups excluding tert-OH is 1. The number of ketones is 1. The minimum absolute atomic E-state index is 0.105. The number of aliphatic hydroxyl groups is 1. The number of rotatable bonds is 16. The van der Waals surface area contributed by atoms with Crippen molar-refractivity contribution in [1.82, 2.24) is 5.32 Å². The lowest BCUT2D eigenvalue weighted by Crippen LogP contribution is -2.35. The topological polar surface area (TPSA) is 67.8 Å². The molecule has 0 aliphatic rings. The van der Waals surface area contributed by atoms with Crippen molar-refractivity contribution >= 4 is 5.78 Å². The Hall–Kier alpha value is -1.43. The van der Waals surface area contributed by atoms with E-state index in [1.807, 2.05) is 32.9 Å². The number of nitrogens with one attached hydrogen (secondary N) is 1. The van der Waals surface area contributed by atoms with Gasteiger partial charge in [0.25, 0.3) is 0 Å². The smallest absolute Gasteiger partial charge is 0.162 e. The summed E-state index contributed by atoms with van der Waals surface area (Å²) >= 11 is 0. The quantitative estimate of drug-likeness (QED) is 0.320. The maximum atomic E-state index is 12.0. The highest BCUT2D eigenvalue weighted by molar-refractivity contribution is 5.96. The Morgan fingerprint density at radius 2 is 1.89 bits per heavy atom. The monoisotopic (exact) mass is 393 g/mol. The molecule has 1 aromatic carbocycles. The molecule has 0 radical (unpaired) electrons. The van der Waals surface area contributed by atoms with Crippen LogP contribution in [-0.2, 0) is 11.3 Å². The lowest BCUT2D eigenvalue weighted by molar-refractivity contribution is 0.0951. The van der Waals surface area contributed by atoms with Gasteiger partial charge in [-0.1, -0.05) is 53.4 Å². The minimum Gasteiger partial charge on any atom is -0.490 e. The van der Waals surface area contributed by atoms with Gasteiger partial charge in [-0.25, -0.2) is 0 Å². The van der Waals surface area contributed by atoms with Gasteiger partial charge < -0.3 is 19.9 Å². The van der Waals surface area contributed by atoms with E-state index in [2.05, 4.69) is 12.2 Å². The second-order valence-corrected chi connectivity index (χ2v) is 7.59. The second-order valence-electron chi connectivity index (χ2n) is 7.59. The van der Waals surface area contributed by atoms with Crippen LogP contribution in [0.3, 0.4) is 0 Å². The predicted octanol–water partition coefficient (Wildman–Crippen LogP) is 4.50. The predicted molar refractivity (Wildman–Crippen MR) is 114 cm³/mol. The Morgan fingerprint density at radius 3 is 2.57 bits per heavy atom. The average molecular weight is 394 g/mol. The highest BCUT2D eigenvalue weighted by Gasteiger charge is 2.12. The third-order valence-corrected chi connectivity index (χ3v) is 4.55. The molecule has 0 heterocycles. The standard InChI is InChI=1S/C23H39NO4/c1-5-7-8-9-10-13-27-16-20-14-19(22(26)6-2)11-12-23(20)28-17-21(25)15-24-18(3)4/h11-12,14,18,21,24-25H,5-10,13,15-17H2,1-4H3/t21-/m0/s1. The first-order chi connectivity index (χ1) is 13.5. The van der Waals surface area contributed by atoms with E-state index in [1.165, 1.54) is 25.7 Å². The molecule has 1 aromatic rings. The molecule has 1 atom stereocenters. The number of hydrogen-bond donors (Lipinski definition) is 2. The van der Waals surface area contributed by atoms with Crippen LogP contribution in [-0.4, -0.2) is 42.8 Å². The summed E-state index contributed by atoms with van der Waals surface area (Å²) in [5.74, 6) is 0.774. The number of unbranched alkanes of at least 4 members (excludes halogenated alkanes) is 4. The molecule has 0 unspecified atom stereocenters. The minimum atomic E-state index is -0.591. The Kier molecular flexibility index (Phi) is 12.8. The van der Waals surface area contributed by atoms with Crippen LogP contribution in [0.4, 0.5) is 0 Å². The van der Waals surface area contributed by atoms with E-state index in [-0.39, 0.29) is 12.4 Å². The van der Waals surface area contributed by atoms with Crippen molar-refractivity contribution in [2.24, 2.45) is 0 Å². The maximum Gasteiger partial charge on any atom is 0.162 e. The highest BCUT2D eigenvalue weighted by atomic mass is 16.5. The van der Waals surface area contributed by atoms with Gasteiger partial charge in [0, 0.05) is 36.7 Å². The van der Waals surface area contributed by atoms with Gasteiger partial charge >= 0.3 is 0 Å². The third-order valence-electron chi connectivity index (χ3n) is 4.55. The van der Waals surface area contributed by atoms with Gasteiger partial charge in [0.1, 0.15) is 18.5 Å². The van der Waals surface area contributed by atoms with Gasteiger partial charge in [0.2, 0.25) is 0 Å². The molecule has 0 saturated heterocycles. The molecule has 5 heteroatoms. The van der Waals surface area contributed by atoms with Gasteiger partial charge in [0.15, 0.2) is 5.78 Å². The van der Waals surface area contributed by atoms with Crippen LogP contribution in [0.15, 0.2) is 18.2 Å². The molecule has 0 amide bonds. The number of hydrogen-bond acceptors (Lipinski definition) is 5. The van der Waals surface area contributed by atoms with E-state index < -0.39 is 6.10 Å². The molecule has 0 fully saturated rings. The van der Waals surface area contributed by atoms with Crippen LogP contribution in [0, 0.1) is 0 Å². The van der Waals surface area contributed by atoms with Gasteiger partial charge in [0.05, 0.1) is 6.61 Å². The summed E-state index contributed by atoms with van der Waals surface area (Å²) in [5, 5.41) is 13.3. The zero-order valence-corrected chi connectivity index (χ0v) is 18.1. The summed E-state index contributed by atoms with van der Waals surface area (Å²) in [6.07, 6.45) is 5.86. The Balaban J connectivity index is 2.62. The molecular weight excluding hydrogens is 354 g/mol. The van der Waals surface area contributed by atoms with E-state index in [0.29, 0.717) is 43.5 Å². The van der Waals surface area contributed by atoms with Gasteiger partial charge in [-0.3, -0.25) is 4.79 Å². The lowest BCUT2D eigenvalue weighted by atomic mass is 10.1. The summed E-state index contributed by atoms with van der Waals surface area (Å²) in [5.41, 5.74) is 1.54. The second kappa shape index (κ2) is 14.6. The van der Waals surface area contributed by atoms with E-state index in [1.54, 1.807) is 6.07 Å². The summed E-state index contributed by atoms with van der Waals surface area (Å²) in [6.45, 7) is 9.93. The normalized spacial score (nSPS) is 12.4. The fourth-order valence-electron chi connectivity index (χ4n) is 2.82. The molecule has 0 aliphatic carbocycles. The number of carbonyl (C=O) groups excluding carboxylic acids is 1. The van der Waals surface area contributed by atoms with E-state index in [0.717, 1.165) is 12.0 Å². The van der Waals surface area contributed by atoms with Gasteiger partial charge in [-0.15, -0.1) is 0 Å². The highest BCUT2D eigenvalue weighted by Crippen LogP contribution is 2.22. The van der Waals surface area contributed by atoms with E-state index in [4.69, 9.17) is 9.47 Å². The van der Waals surface area contributed by atoms with Crippen LogP contribution in [0.25, 0.3) is 0 Å². The third kappa shape index (κ3) is 10.2. The number of ether oxygens (including phenoxy) is 2. The van der Waals surface area contributed by atoms with Crippen molar-refractivity contribution < 1.29 is 19.4 Å². The maximum absolute atomic E-state index is 12.0. The SMILES string of the molecule is CCCCCCCOCc1cc(C(=O)CC)ccc1OC[C@@H](O)CNC(C)C. The fourth-order valence-corrected chi connectivity index (χ4v) is 2.82. The van der Waals surface area contributed by atoms with Crippen LogP contribution < -0.4 is 10.1 Å². The molecule has 160 valence electrons. The molecule has 28 heavy (non-hydrogen) atoms. The number of Topliss-reactive ketones (excluding diaryl/α,β-unsaturated/α-hetero) is 1. The summed E-state index contributed by atoms with van der Waals surface area (Å²) < 4.78 is 11.7. The summed E-state index contributed by atoms with van der Waals surface area (Å²) in [7, 11) is 0. The summed E-state index contributed by atoms with van der Waals surface area (Å²) in [4.78, 5) is 12.0. The van der Waals surface area contributed by atoms with Gasteiger partial charge in [-0.05, 0) is 24.6 Å². The van der Waals surface area contributed by atoms with Gasteiger partial charge in [-0.2, -0.15) is 0 Å². The molecular formula is C23H39NO4. The van der Waals surface area contributed by atoms with Crippen molar-refractivity contribution in [3.8, 4) is 5.75 Å². The van der Waals surface area contributed by atoms with Crippen molar-refractivity contribution in [2.45, 2.75) is 85.0 Å². The molecule has 0 spiro atoms. The van der Waals surface area contributed by atoms with Crippen LogP contribution in [0.2, 0.25) is 0 Å².